The van der Waals surface area contributed by atoms with Crippen LogP contribution in [-0.4, -0.2) is 4.98 Å². The minimum atomic E-state index is -0.361. The normalized spacial score (nSPS) is 11.7. The molecule has 0 bridgehead atoms. The molecule has 102 valence electrons. The third kappa shape index (κ3) is 2.94. The molecule has 1 aromatic heterocycles. The van der Waals surface area contributed by atoms with Crippen molar-refractivity contribution >= 4 is 5.69 Å². The molecule has 0 aliphatic carbocycles. The van der Waals surface area contributed by atoms with E-state index in [1.165, 1.54) is 12.3 Å². The first-order valence-electron chi connectivity index (χ1n) is 6.54. The average Bonchev–Trinajstić information content (AvgIpc) is 2.47. The molecule has 0 fully saturated rings. The number of nitriles is 1. The highest BCUT2D eigenvalue weighted by Gasteiger charge is 2.12. The number of anilines is 1. The SMILES string of the molecule is CCc1cccc(C#N)c1N[C@@H](C)c1cncc(F)c1. The number of aryl methyl sites for hydroxylation is 1. The van der Waals surface area contributed by atoms with Crippen molar-refractivity contribution in [2.75, 3.05) is 5.32 Å². The van der Waals surface area contributed by atoms with E-state index in [-0.39, 0.29) is 11.9 Å². The zero-order valence-electron chi connectivity index (χ0n) is 11.5. The molecule has 0 radical (unpaired) electrons. The summed E-state index contributed by atoms with van der Waals surface area (Å²) in [6.45, 7) is 3.96. The summed E-state index contributed by atoms with van der Waals surface area (Å²) in [5, 5.41) is 12.5. The van der Waals surface area contributed by atoms with E-state index in [4.69, 9.17) is 0 Å². The minimum absolute atomic E-state index is 0.127. The van der Waals surface area contributed by atoms with Crippen LogP contribution in [0.1, 0.15) is 36.6 Å². The summed E-state index contributed by atoms with van der Waals surface area (Å²) in [5.74, 6) is -0.361. The lowest BCUT2D eigenvalue weighted by molar-refractivity contribution is 0.616. The Morgan fingerprint density at radius 3 is 2.85 bits per heavy atom. The van der Waals surface area contributed by atoms with Crippen molar-refractivity contribution in [2.24, 2.45) is 0 Å². The summed E-state index contributed by atoms with van der Waals surface area (Å²) in [6.07, 6.45) is 3.63. The molecule has 1 aromatic carbocycles. The average molecular weight is 269 g/mol. The molecule has 2 aromatic rings. The third-order valence-electron chi connectivity index (χ3n) is 3.24. The second-order valence-electron chi connectivity index (χ2n) is 4.61. The first-order chi connectivity index (χ1) is 9.65. The molecule has 1 heterocycles. The predicted octanol–water partition coefficient (Wildman–Crippen LogP) is 3.83. The number of benzene rings is 1. The lowest BCUT2D eigenvalue weighted by Gasteiger charge is -2.19. The van der Waals surface area contributed by atoms with Crippen LogP contribution in [0, 0.1) is 17.1 Å². The molecule has 0 saturated carbocycles. The molecule has 0 spiro atoms. The molecule has 0 unspecified atom stereocenters. The van der Waals surface area contributed by atoms with E-state index in [1.807, 2.05) is 26.0 Å². The van der Waals surface area contributed by atoms with Crippen molar-refractivity contribution in [3.8, 4) is 6.07 Å². The van der Waals surface area contributed by atoms with Crippen molar-refractivity contribution < 1.29 is 4.39 Å². The fraction of sp³-hybridized carbons (Fsp3) is 0.250. The minimum Gasteiger partial charge on any atom is -0.377 e. The maximum Gasteiger partial charge on any atom is 0.141 e. The van der Waals surface area contributed by atoms with Gasteiger partial charge in [0.2, 0.25) is 0 Å². The van der Waals surface area contributed by atoms with Gasteiger partial charge in [0, 0.05) is 6.20 Å². The van der Waals surface area contributed by atoms with Crippen LogP contribution in [0.4, 0.5) is 10.1 Å². The summed E-state index contributed by atoms with van der Waals surface area (Å²) < 4.78 is 13.2. The number of rotatable bonds is 4. The molecular weight excluding hydrogens is 253 g/mol. The van der Waals surface area contributed by atoms with E-state index < -0.39 is 0 Å². The number of halogens is 1. The van der Waals surface area contributed by atoms with Gasteiger partial charge in [0.15, 0.2) is 0 Å². The first-order valence-corrected chi connectivity index (χ1v) is 6.54. The zero-order valence-corrected chi connectivity index (χ0v) is 11.5. The standard InChI is InChI=1S/C16H16FN3/c1-3-12-5-4-6-13(8-18)16(12)20-11(2)14-7-15(17)10-19-9-14/h4-7,9-11,20H,3H2,1-2H3/t11-/m0/s1. The Labute approximate surface area is 118 Å². The predicted molar refractivity (Wildman–Crippen MR) is 76.8 cm³/mol. The van der Waals surface area contributed by atoms with Crippen LogP contribution in [0.5, 0.6) is 0 Å². The molecule has 0 aliphatic rings. The topological polar surface area (TPSA) is 48.7 Å². The van der Waals surface area contributed by atoms with Crippen LogP contribution in [0.2, 0.25) is 0 Å². The summed E-state index contributed by atoms with van der Waals surface area (Å²) in [4.78, 5) is 3.85. The Kier molecular flexibility index (Phi) is 4.31. The van der Waals surface area contributed by atoms with Crippen LogP contribution in [0.15, 0.2) is 36.7 Å². The molecule has 2 rings (SSSR count). The van der Waals surface area contributed by atoms with E-state index >= 15 is 0 Å². The van der Waals surface area contributed by atoms with E-state index in [0.29, 0.717) is 5.56 Å². The molecule has 1 N–H and O–H groups in total. The fourth-order valence-corrected chi connectivity index (χ4v) is 2.12. The van der Waals surface area contributed by atoms with Crippen LogP contribution >= 0.6 is 0 Å². The molecule has 0 saturated heterocycles. The largest absolute Gasteiger partial charge is 0.377 e. The van der Waals surface area contributed by atoms with Gasteiger partial charge in [-0.15, -0.1) is 0 Å². The molecule has 20 heavy (non-hydrogen) atoms. The van der Waals surface area contributed by atoms with Crippen LogP contribution in [0.3, 0.4) is 0 Å². The van der Waals surface area contributed by atoms with Gasteiger partial charge in [-0.25, -0.2) is 4.39 Å². The van der Waals surface area contributed by atoms with Gasteiger partial charge in [0.1, 0.15) is 11.9 Å². The van der Waals surface area contributed by atoms with Gasteiger partial charge in [-0.2, -0.15) is 5.26 Å². The highest BCUT2D eigenvalue weighted by Crippen LogP contribution is 2.26. The number of pyridine rings is 1. The molecule has 0 aliphatic heterocycles. The number of hydrogen-bond acceptors (Lipinski definition) is 3. The van der Waals surface area contributed by atoms with Gasteiger partial charge in [-0.3, -0.25) is 4.98 Å². The van der Waals surface area contributed by atoms with E-state index in [9.17, 15) is 9.65 Å². The second kappa shape index (κ2) is 6.16. The Morgan fingerprint density at radius 2 is 2.20 bits per heavy atom. The Hall–Kier alpha value is -2.41. The summed E-state index contributed by atoms with van der Waals surface area (Å²) >= 11 is 0. The Morgan fingerprint density at radius 1 is 1.40 bits per heavy atom. The zero-order chi connectivity index (χ0) is 14.5. The quantitative estimate of drug-likeness (QED) is 0.917. The summed E-state index contributed by atoms with van der Waals surface area (Å²) in [5.41, 5.74) is 3.23. The maximum atomic E-state index is 13.2. The van der Waals surface area contributed by atoms with Gasteiger partial charge < -0.3 is 5.32 Å². The highest BCUT2D eigenvalue weighted by atomic mass is 19.1. The summed E-state index contributed by atoms with van der Waals surface area (Å²) in [6, 6.07) is 9.14. The van der Waals surface area contributed by atoms with E-state index in [2.05, 4.69) is 16.4 Å². The van der Waals surface area contributed by atoms with Crippen LogP contribution in [0.25, 0.3) is 0 Å². The molecule has 4 heteroatoms. The number of hydrogen-bond donors (Lipinski definition) is 1. The molecule has 3 nitrogen and oxygen atoms in total. The lowest BCUT2D eigenvalue weighted by atomic mass is 10.0. The van der Waals surface area contributed by atoms with Gasteiger partial charge in [0.05, 0.1) is 23.5 Å². The van der Waals surface area contributed by atoms with Crippen molar-refractivity contribution in [1.29, 1.82) is 5.26 Å². The smallest absolute Gasteiger partial charge is 0.141 e. The third-order valence-corrected chi connectivity index (χ3v) is 3.24. The summed E-state index contributed by atoms with van der Waals surface area (Å²) in [7, 11) is 0. The molecule has 1 atom stereocenters. The second-order valence-corrected chi connectivity index (χ2v) is 4.61. The van der Waals surface area contributed by atoms with Gasteiger partial charge >= 0.3 is 0 Å². The van der Waals surface area contributed by atoms with E-state index in [1.54, 1.807) is 12.3 Å². The number of aromatic nitrogens is 1. The van der Waals surface area contributed by atoms with Gasteiger partial charge in [-0.05, 0) is 36.6 Å². The Bertz CT molecular complexity index is 646. The van der Waals surface area contributed by atoms with Crippen LogP contribution in [-0.2, 0) is 6.42 Å². The van der Waals surface area contributed by atoms with E-state index in [0.717, 1.165) is 23.2 Å². The first kappa shape index (κ1) is 14.0. The molecular formula is C16H16FN3. The lowest BCUT2D eigenvalue weighted by Crippen LogP contribution is -2.10. The number of nitrogens with zero attached hydrogens (tertiary/aromatic N) is 2. The van der Waals surface area contributed by atoms with Crippen LogP contribution < -0.4 is 5.32 Å². The van der Waals surface area contributed by atoms with Crippen molar-refractivity contribution in [3.05, 3.63) is 59.2 Å². The molecule has 0 amide bonds. The number of nitrogens with one attached hydrogen (secondary N) is 1. The van der Waals surface area contributed by atoms with Gasteiger partial charge in [-0.1, -0.05) is 19.1 Å². The Balaban J connectivity index is 2.32. The number of para-hydroxylation sites is 1. The van der Waals surface area contributed by atoms with Crippen molar-refractivity contribution in [1.82, 2.24) is 4.98 Å². The van der Waals surface area contributed by atoms with Crippen molar-refractivity contribution in [3.63, 3.8) is 0 Å². The monoisotopic (exact) mass is 269 g/mol. The highest BCUT2D eigenvalue weighted by molar-refractivity contribution is 5.63. The van der Waals surface area contributed by atoms with Crippen molar-refractivity contribution in [2.45, 2.75) is 26.3 Å². The fourth-order valence-electron chi connectivity index (χ4n) is 2.12. The maximum absolute atomic E-state index is 13.2. The van der Waals surface area contributed by atoms with Gasteiger partial charge in [0.25, 0.3) is 0 Å².